The summed E-state index contributed by atoms with van der Waals surface area (Å²) >= 11 is 0. The molecule has 0 unspecified atom stereocenters. The van der Waals surface area contributed by atoms with E-state index in [0.29, 0.717) is 0 Å². The first-order valence-electron chi connectivity index (χ1n) is 8.22. The van der Waals surface area contributed by atoms with Crippen LogP contribution in [0.25, 0.3) is 0 Å². The number of nitrogens with zero attached hydrogens (tertiary/aromatic N) is 2. The predicted octanol–water partition coefficient (Wildman–Crippen LogP) is 3.38. The smallest absolute Gasteiger partial charge is 0.190 e. The quantitative estimate of drug-likeness (QED) is 0.310. The van der Waals surface area contributed by atoms with Gasteiger partial charge >= 0.3 is 0 Å². The number of nitrogens with one attached hydrogen (secondary N) is 2. The molecule has 0 bridgehead atoms. The number of halogens is 1. The van der Waals surface area contributed by atoms with E-state index in [1.807, 2.05) is 25.5 Å². The van der Waals surface area contributed by atoms with Gasteiger partial charge in [0.15, 0.2) is 5.96 Å². The lowest BCUT2D eigenvalue weighted by Gasteiger charge is -2.13. The highest BCUT2D eigenvalue weighted by molar-refractivity contribution is 14.0. The SMILES string of the molecule is CN=C(NCCCC1CCCC1)NCCc1cccnc1.I. The van der Waals surface area contributed by atoms with Crippen LogP contribution in [0.15, 0.2) is 29.5 Å². The largest absolute Gasteiger partial charge is 0.356 e. The van der Waals surface area contributed by atoms with Crippen molar-refractivity contribution in [2.45, 2.75) is 44.9 Å². The number of hydrogen-bond acceptors (Lipinski definition) is 2. The van der Waals surface area contributed by atoms with Crippen molar-refractivity contribution in [1.82, 2.24) is 15.6 Å². The summed E-state index contributed by atoms with van der Waals surface area (Å²) in [6, 6.07) is 4.08. The second kappa shape index (κ2) is 11.7. The Labute approximate surface area is 151 Å². The molecule has 1 aliphatic rings. The van der Waals surface area contributed by atoms with Crippen LogP contribution < -0.4 is 10.6 Å². The Hall–Kier alpha value is -0.850. The number of aliphatic imine (C=N–C) groups is 1. The maximum atomic E-state index is 4.27. The van der Waals surface area contributed by atoms with Gasteiger partial charge in [0.05, 0.1) is 0 Å². The van der Waals surface area contributed by atoms with Gasteiger partial charge in [-0.2, -0.15) is 0 Å². The second-order valence-corrected chi connectivity index (χ2v) is 5.83. The zero-order valence-corrected chi connectivity index (χ0v) is 15.9. The normalized spacial score (nSPS) is 15.4. The minimum Gasteiger partial charge on any atom is -0.356 e. The third-order valence-electron chi connectivity index (χ3n) is 4.21. The lowest BCUT2D eigenvalue weighted by molar-refractivity contribution is 0.481. The Bertz CT molecular complexity index is 416. The van der Waals surface area contributed by atoms with Crippen LogP contribution in [0.3, 0.4) is 0 Å². The van der Waals surface area contributed by atoms with Crippen molar-refractivity contribution < 1.29 is 0 Å². The average molecular weight is 416 g/mol. The number of hydrogen-bond donors (Lipinski definition) is 2. The Morgan fingerprint density at radius 3 is 2.73 bits per heavy atom. The minimum atomic E-state index is 0. The molecule has 0 aliphatic heterocycles. The Balaban J connectivity index is 0.00000242. The molecule has 124 valence electrons. The Morgan fingerprint density at radius 2 is 2.05 bits per heavy atom. The highest BCUT2D eigenvalue weighted by Gasteiger charge is 2.13. The van der Waals surface area contributed by atoms with Crippen molar-refractivity contribution in [1.29, 1.82) is 0 Å². The van der Waals surface area contributed by atoms with Crippen LogP contribution >= 0.6 is 24.0 Å². The Kier molecular flexibility index (Phi) is 10.2. The van der Waals surface area contributed by atoms with Crippen molar-refractivity contribution in [3.05, 3.63) is 30.1 Å². The maximum Gasteiger partial charge on any atom is 0.190 e. The molecular weight excluding hydrogens is 387 g/mol. The molecule has 1 aromatic heterocycles. The number of rotatable bonds is 7. The molecule has 22 heavy (non-hydrogen) atoms. The Morgan fingerprint density at radius 1 is 1.27 bits per heavy atom. The van der Waals surface area contributed by atoms with Gasteiger partial charge in [0, 0.05) is 32.5 Å². The molecule has 0 atom stereocenters. The van der Waals surface area contributed by atoms with Crippen LogP contribution in [-0.4, -0.2) is 31.1 Å². The van der Waals surface area contributed by atoms with E-state index < -0.39 is 0 Å². The molecule has 2 rings (SSSR count). The van der Waals surface area contributed by atoms with Crippen molar-refractivity contribution >= 4 is 29.9 Å². The molecule has 0 spiro atoms. The van der Waals surface area contributed by atoms with Gasteiger partial charge in [-0.1, -0.05) is 31.7 Å². The maximum absolute atomic E-state index is 4.27. The highest BCUT2D eigenvalue weighted by Crippen LogP contribution is 2.28. The lowest BCUT2D eigenvalue weighted by Crippen LogP contribution is -2.38. The fraction of sp³-hybridized carbons (Fsp3) is 0.647. The molecule has 0 saturated heterocycles. The van der Waals surface area contributed by atoms with Gasteiger partial charge < -0.3 is 10.6 Å². The molecule has 1 aromatic rings. The molecule has 0 amide bonds. The van der Waals surface area contributed by atoms with Gasteiger partial charge in [0.25, 0.3) is 0 Å². The zero-order valence-electron chi connectivity index (χ0n) is 13.6. The third kappa shape index (κ3) is 7.42. The molecule has 1 heterocycles. The summed E-state index contributed by atoms with van der Waals surface area (Å²) in [7, 11) is 1.83. The van der Waals surface area contributed by atoms with E-state index in [9.17, 15) is 0 Å². The summed E-state index contributed by atoms with van der Waals surface area (Å²) in [6.07, 6.45) is 13.1. The summed E-state index contributed by atoms with van der Waals surface area (Å²) in [5, 5.41) is 6.76. The van der Waals surface area contributed by atoms with Gasteiger partial charge in [0.2, 0.25) is 0 Å². The lowest BCUT2D eigenvalue weighted by atomic mass is 10.0. The summed E-state index contributed by atoms with van der Waals surface area (Å²) in [5.41, 5.74) is 1.25. The van der Waals surface area contributed by atoms with E-state index in [0.717, 1.165) is 31.4 Å². The number of guanidine groups is 1. The molecule has 0 aromatic carbocycles. The highest BCUT2D eigenvalue weighted by atomic mass is 127. The molecule has 1 fully saturated rings. The van der Waals surface area contributed by atoms with E-state index in [1.165, 1.54) is 44.1 Å². The van der Waals surface area contributed by atoms with Crippen molar-refractivity contribution in [2.24, 2.45) is 10.9 Å². The number of pyridine rings is 1. The standard InChI is InChI=1S/C17H28N4.HI/c1-18-17(20-12-5-8-15-6-2-3-7-15)21-13-10-16-9-4-11-19-14-16;/h4,9,11,14-15H,2-3,5-8,10,12-13H2,1H3,(H2,18,20,21);1H. The number of aromatic nitrogens is 1. The molecule has 1 aliphatic carbocycles. The van der Waals surface area contributed by atoms with Crippen LogP contribution in [0, 0.1) is 5.92 Å². The van der Waals surface area contributed by atoms with Crippen molar-refractivity contribution in [3.8, 4) is 0 Å². The van der Waals surface area contributed by atoms with Crippen molar-refractivity contribution in [2.75, 3.05) is 20.1 Å². The zero-order chi connectivity index (χ0) is 14.8. The van der Waals surface area contributed by atoms with Crippen molar-refractivity contribution in [3.63, 3.8) is 0 Å². The average Bonchev–Trinajstić information content (AvgIpc) is 3.04. The van der Waals surface area contributed by atoms with E-state index >= 15 is 0 Å². The molecule has 2 N–H and O–H groups in total. The van der Waals surface area contributed by atoms with Crippen LogP contribution in [0.5, 0.6) is 0 Å². The van der Waals surface area contributed by atoms with Crippen LogP contribution in [0.2, 0.25) is 0 Å². The van der Waals surface area contributed by atoms with E-state index in [-0.39, 0.29) is 24.0 Å². The van der Waals surface area contributed by atoms with Gasteiger partial charge in [-0.25, -0.2) is 0 Å². The van der Waals surface area contributed by atoms with E-state index in [4.69, 9.17) is 0 Å². The molecular formula is C17H29IN4. The molecule has 5 heteroatoms. The fourth-order valence-electron chi connectivity index (χ4n) is 2.99. The first kappa shape index (κ1) is 19.2. The predicted molar refractivity (Wildman–Crippen MR) is 104 cm³/mol. The summed E-state index contributed by atoms with van der Waals surface area (Å²) < 4.78 is 0. The van der Waals surface area contributed by atoms with E-state index in [2.05, 4.69) is 26.7 Å². The summed E-state index contributed by atoms with van der Waals surface area (Å²) in [6.45, 7) is 1.90. The molecule has 1 saturated carbocycles. The topological polar surface area (TPSA) is 49.3 Å². The van der Waals surface area contributed by atoms with Gasteiger partial charge in [-0.3, -0.25) is 9.98 Å². The van der Waals surface area contributed by atoms with Gasteiger partial charge in [-0.05, 0) is 36.8 Å². The van der Waals surface area contributed by atoms with Crippen LogP contribution in [0.4, 0.5) is 0 Å². The van der Waals surface area contributed by atoms with Crippen LogP contribution in [-0.2, 0) is 6.42 Å². The molecule has 0 radical (unpaired) electrons. The first-order chi connectivity index (χ1) is 10.4. The van der Waals surface area contributed by atoms with E-state index in [1.54, 1.807) is 0 Å². The monoisotopic (exact) mass is 416 g/mol. The summed E-state index contributed by atoms with van der Waals surface area (Å²) in [4.78, 5) is 8.39. The van der Waals surface area contributed by atoms with Crippen LogP contribution in [0.1, 0.15) is 44.1 Å². The van der Waals surface area contributed by atoms with Gasteiger partial charge in [-0.15, -0.1) is 24.0 Å². The second-order valence-electron chi connectivity index (χ2n) is 5.83. The fourth-order valence-corrected chi connectivity index (χ4v) is 2.99. The minimum absolute atomic E-state index is 0. The molecule has 4 nitrogen and oxygen atoms in total. The summed E-state index contributed by atoms with van der Waals surface area (Å²) in [5.74, 6) is 1.89. The first-order valence-corrected chi connectivity index (χ1v) is 8.22. The third-order valence-corrected chi connectivity index (χ3v) is 4.21. The van der Waals surface area contributed by atoms with Gasteiger partial charge in [0.1, 0.15) is 0 Å².